The minimum atomic E-state index is -3.12. The summed E-state index contributed by atoms with van der Waals surface area (Å²) in [6, 6.07) is 0. The lowest BCUT2D eigenvalue weighted by molar-refractivity contribution is 0.156. The second kappa shape index (κ2) is 5.97. The van der Waals surface area contributed by atoms with E-state index in [0.717, 1.165) is 17.2 Å². The van der Waals surface area contributed by atoms with E-state index < -0.39 is 8.80 Å². The highest BCUT2D eigenvalue weighted by atomic mass is 28.4. The first-order valence-electron chi connectivity index (χ1n) is 6.18. The van der Waals surface area contributed by atoms with Gasteiger partial charge in [-0.15, -0.1) is 0 Å². The lowest BCUT2D eigenvalue weighted by atomic mass is 10.3. The van der Waals surface area contributed by atoms with Gasteiger partial charge in [-0.05, 0) is 39.7 Å². The summed E-state index contributed by atoms with van der Waals surface area (Å²) in [4.78, 5) is 0. The van der Waals surface area contributed by atoms with Crippen LogP contribution in [-0.2, 0) is 13.3 Å². The lowest BCUT2D eigenvalue weighted by Gasteiger charge is -2.31. The summed E-state index contributed by atoms with van der Waals surface area (Å²) < 4.78 is 17.6. The van der Waals surface area contributed by atoms with Gasteiger partial charge in [0.05, 0.1) is 22.5 Å². The van der Waals surface area contributed by atoms with Crippen LogP contribution < -0.4 is 0 Å². The molecule has 0 aromatic heterocycles. The highest BCUT2D eigenvalue weighted by molar-refractivity contribution is 6.70. The molecule has 0 saturated carbocycles. The summed E-state index contributed by atoms with van der Waals surface area (Å²) in [6.07, 6.45) is 5.04. The Hall–Kier alpha value is -1.68. The molecule has 0 aromatic carbocycles. The Kier molecular flexibility index (Phi) is 4.83. The van der Waals surface area contributed by atoms with Gasteiger partial charge in [0.25, 0.3) is 0 Å². The van der Waals surface area contributed by atoms with Gasteiger partial charge < -0.3 is 13.3 Å². The molecule has 1 rings (SSSR count). The molecule has 0 bridgehead atoms. The minimum Gasteiger partial charge on any atom is -0.485 e. The third kappa shape index (κ3) is 3.89. The van der Waals surface area contributed by atoms with Crippen LogP contribution >= 0.6 is 0 Å². The van der Waals surface area contributed by atoms with Gasteiger partial charge in [-0.2, -0.15) is 0 Å². The van der Waals surface area contributed by atoms with Crippen LogP contribution in [0.2, 0.25) is 0 Å². The molecule has 4 heteroatoms. The second-order valence-corrected chi connectivity index (χ2v) is 6.97. The SMILES string of the molecule is C=C(C)O[Si](OC(=C)C)(OC(=C)C)C1=CCC=C1C. The summed E-state index contributed by atoms with van der Waals surface area (Å²) in [7, 11) is -3.12. The monoisotopic (exact) mass is 278 g/mol. The highest BCUT2D eigenvalue weighted by Crippen LogP contribution is 2.34. The van der Waals surface area contributed by atoms with E-state index in [4.69, 9.17) is 13.3 Å². The van der Waals surface area contributed by atoms with Crippen LogP contribution in [0.3, 0.4) is 0 Å². The van der Waals surface area contributed by atoms with Crippen molar-refractivity contribution in [2.75, 3.05) is 0 Å². The van der Waals surface area contributed by atoms with Crippen molar-refractivity contribution in [1.29, 1.82) is 0 Å². The van der Waals surface area contributed by atoms with Gasteiger partial charge in [-0.1, -0.05) is 31.9 Å². The predicted molar refractivity (Wildman–Crippen MR) is 79.9 cm³/mol. The van der Waals surface area contributed by atoms with Crippen molar-refractivity contribution >= 4 is 8.80 Å². The number of hydrogen-bond donors (Lipinski definition) is 0. The molecular weight excluding hydrogens is 256 g/mol. The molecule has 1 aliphatic carbocycles. The zero-order valence-electron chi connectivity index (χ0n) is 12.2. The largest absolute Gasteiger partial charge is 0.736 e. The van der Waals surface area contributed by atoms with Gasteiger partial charge >= 0.3 is 8.80 Å². The Balaban J connectivity index is 3.24. The summed E-state index contributed by atoms with van der Waals surface area (Å²) in [6.45, 7) is 18.7. The van der Waals surface area contributed by atoms with Crippen LogP contribution in [-0.4, -0.2) is 8.80 Å². The van der Waals surface area contributed by atoms with E-state index in [9.17, 15) is 0 Å². The van der Waals surface area contributed by atoms with Gasteiger partial charge in [0.15, 0.2) is 0 Å². The van der Waals surface area contributed by atoms with E-state index in [1.807, 2.05) is 6.92 Å². The second-order valence-electron chi connectivity index (χ2n) is 4.71. The Morgan fingerprint density at radius 1 is 0.947 bits per heavy atom. The van der Waals surface area contributed by atoms with Gasteiger partial charge in [0, 0.05) is 0 Å². The first-order valence-corrected chi connectivity index (χ1v) is 7.90. The molecule has 0 unspecified atom stereocenters. The van der Waals surface area contributed by atoms with Crippen molar-refractivity contribution in [2.45, 2.75) is 34.1 Å². The van der Waals surface area contributed by atoms with Gasteiger partial charge in [-0.25, -0.2) is 0 Å². The molecule has 0 N–H and O–H groups in total. The average Bonchev–Trinajstić information content (AvgIpc) is 2.61. The standard InChI is InChI=1S/C15H22O3Si/c1-11(2)16-19(17-12(3)4,18-13(5)6)15-10-8-9-14(15)7/h9-10H,1,3,5,8H2,2,4,6-7H3. The molecule has 104 valence electrons. The van der Waals surface area contributed by atoms with E-state index in [0.29, 0.717) is 17.3 Å². The molecule has 0 aliphatic heterocycles. The smallest absolute Gasteiger partial charge is 0.485 e. The van der Waals surface area contributed by atoms with E-state index in [-0.39, 0.29) is 0 Å². The fourth-order valence-electron chi connectivity index (χ4n) is 1.91. The maximum absolute atomic E-state index is 5.88. The van der Waals surface area contributed by atoms with Crippen molar-refractivity contribution in [2.24, 2.45) is 0 Å². The molecular formula is C15H22O3Si. The molecule has 0 amide bonds. The van der Waals surface area contributed by atoms with E-state index in [1.165, 1.54) is 0 Å². The molecule has 0 radical (unpaired) electrons. The van der Waals surface area contributed by atoms with Crippen LogP contribution in [0.25, 0.3) is 0 Å². The number of hydrogen-bond acceptors (Lipinski definition) is 3. The zero-order valence-corrected chi connectivity index (χ0v) is 13.2. The van der Waals surface area contributed by atoms with E-state index in [2.05, 4.69) is 31.9 Å². The van der Waals surface area contributed by atoms with Crippen LogP contribution in [0.4, 0.5) is 0 Å². The summed E-state index contributed by atoms with van der Waals surface area (Å²) in [5.41, 5.74) is 1.11. The molecule has 0 saturated heterocycles. The fraction of sp³-hybridized carbons (Fsp3) is 0.333. The normalized spacial score (nSPS) is 14.3. The summed E-state index contributed by atoms with van der Waals surface area (Å²) in [5, 5.41) is 0.960. The molecule has 0 aromatic rings. The molecule has 1 aliphatic rings. The van der Waals surface area contributed by atoms with Crippen molar-refractivity contribution in [3.63, 3.8) is 0 Å². The quantitative estimate of drug-likeness (QED) is 0.510. The van der Waals surface area contributed by atoms with Crippen LogP contribution in [0.1, 0.15) is 34.1 Å². The van der Waals surface area contributed by atoms with Gasteiger partial charge in [0.1, 0.15) is 0 Å². The number of rotatable bonds is 7. The van der Waals surface area contributed by atoms with Crippen LogP contribution in [0, 0.1) is 0 Å². The van der Waals surface area contributed by atoms with E-state index in [1.54, 1.807) is 20.8 Å². The van der Waals surface area contributed by atoms with Crippen LogP contribution in [0.15, 0.2) is 59.9 Å². The van der Waals surface area contributed by atoms with Crippen molar-refractivity contribution in [3.05, 3.63) is 59.9 Å². The molecule has 0 fully saturated rings. The minimum absolute atomic E-state index is 0.551. The Morgan fingerprint density at radius 2 is 1.37 bits per heavy atom. The maximum Gasteiger partial charge on any atom is 0.736 e. The first kappa shape index (κ1) is 15.4. The average molecular weight is 278 g/mol. The Morgan fingerprint density at radius 3 is 1.63 bits per heavy atom. The summed E-state index contributed by atoms with van der Waals surface area (Å²) in [5.74, 6) is 1.65. The molecule has 3 nitrogen and oxygen atoms in total. The third-order valence-corrected chi connectivity index (χ3v) is 5.54. The van der Waals surface area contributed by atoms with Gasteiger partial charge in [-0.3, -0.25) is 0 Å². The molecule has 19 heavy (non-hydrogen) atoms. The summed E-state index contributed by atoms with van der Waals surface area (Å²) >= 11 is 0. The lowest BCUT2D eigenvalue weighted by Crippen LogP contribution is -2.47. The van der Waals surface area contributed by atoms with Gasteiger partial charge in [0.2, 0.25) is 0 Å². The number of allylic oxidation sites excluding steroid dienone is 7. The zero-order chi connectivity index (χ0) is 14.6. The topological polar surface area (TPSA) is 27.7 Å². The Labute approximate surface area is 116 Å². The van der Waals surface area contributed by atoms with Crippen molar-refractivity contribution in [3.8, 4) is 0 Å². The highest BCUT2D eigenvalue weighted by Gasteiger charge is 2.54. The molecule has 0 atom stereocenters. The van der Waals surface area contributed by atoms with E-state index >= 15 is 0 Å². The Bertz CT molecular complexity index is 431. The van der Waals surface area contributed by atoms with Crippen LogP contribution in [0.5, 0.6) is 0 Å². The maximum atomic E-state index is 5.88. The molecule has 0 spiro atoms. The predicted octanol–water partition coefficient (Wildman–Crippen LogP) is 4.39. The van der Waals surface area contributed by atoms with Crippen molar-refractivity contribution < 1.29 is 13.3 Å². The molecule has 0 heterocycles. The third-order valence-electron chi connectivity index (χ3n) is 2.43. The fourth-order valence-corrected chi connectivity index (χ4v) is 4.69. The van der Waals surface area contributed by atoms with Crippen molar-refractivity contribution in [1.82, 2.24) is 0 Å². The first-order chi connectivity index (χ1) is 8.77.